The van der Waals surface area contributed by atoms with Gasteiger partial charge in [-0.3, -0.25) is 14.7 Å². The lowest BCUT2D eigenvalue weighted by atomic mass is 9.96. The first kappa shape index (κ1) is 16.6. The van der Waals surface area contributed by atoms with E-state index in [0.717, 1.165) is 48.3 Å². The highest BCUT2D eigenvalue weighted by atomic mass is 32.1. The standard InChI is InChI=1S/C20H17N3O2S/c24-23(25)16-12-10-14(11-13-16)19-21-20(26)17-8-4-5-9-18(17)22(19)15-6-2-1-3-7-15/h1-3,6-7,10-13H,4-5,8-9H2. The molecule has 1 aliphatic carbocycles. The van der Waals surface area contributed by atoms with E-state index in [9.17, 15) is 10.1 Å². The summed E-state index contributed by atoms with van der Waals surface area (Å²) in [7, 11) is 0. The second-order valence-electron chi connectivity index (χ2n) is 6.35. The summed E-state index contributed by atoms with van der Waals surface area (Å²) >= 11 is 5.57. The fourth-order valence-electron chi connectivity index (χ4n) is 3.49. The number of nitro groups is 1. The van der Waals surface area contributed by atoms with Crippen LogP contribution in [0.4, 0.5) is 5.69 Å². The first-order valence-corrected chi connectivity index (χ1v) is 9.01. The van der Waals surface area contributed by atoms with Gasteiger partial charge in [-0.2, -0.15) is 0 Å². The van der Waals surface area contributed by atoms with Crippen LogP contribution in [0.3, 0.4) is 0 Å². The second-order valence-corrected chi connectivity index (χ2v) is 6.73. The van der Waals surface area contributed by atoms with Crippen LogP contribution < -0.4 is 0 Å². The monoisotopic (exact) mass is 363 g/mol. The smallest absolute Gasteiger partial charge is 0.269 e. The Morgan fingerprint density at radius 1 is 1.00 bits per heavy atom. The maximum atomic E-state index is 11.0. The van der Waals surface area contributed by atoms with Crippen LogP contribution >= 0.6 is 12.2 Å². The zero-order chi connectivity index (χ0) is 18.1. The highest BCUT2D eigenvalue weighted by molar-refractivity contribution is 7.71. The third-order valence-electron chi connectivity index (χ3n) is 4.74. The van der Waals surface area contributed by atoms with E-state index in [0.29, 0.717) is 4.64 Å². The van der Waals surface area contributed by atoms with E-state index in [-0.39, 0.29) is 5.69 Å². The normalized spacial score (nSPS) is 13.2. The van der Waals surface area contributed by atoms with Crippen molar-refractivity contribution in [2.24, 2.45) is 0 Å². The maximum absolute atomic E-state index is 11.0. The number of rotatable bonds is 3. The number of hydrogen-bond donors (Lipinski definition) is 0. The minimum atomic E-state index is -0.395. The molecule has 2 aromatic carbocycles. The summed E-state index contributed by atoms with van der Waals surface area (Å²) in [4.78, 5) is 15.3. The highest BCUT2D eigenvalue weighted by Crippen LogP contribution is 2.30. The minimum Gasteiger partial charge on any atom is -0.298 e. The predicted molar refractivity (Wildman–Crippen MR) is 103 cm³/mol. The molecule has 0 N–H and O–H groups in total. The molecule has 0 bridgehead atoms. The summed E-state index contributed by atoms with van der Waals surface area (Å²) < 4.78 is 2.80. The topological polar surface area (TPSA) is 61.0 Å². The summed E-state index contributed by atoms with van der Waals surface area (Å²) in [5, 5.41) is 11.0. The van der Waals surface area contributed by atoms with Crippen molar-refractivity contribution in [3.8, 4) is 17.1 Å². The number of nitro benzene ring substituents is 1. The number of non-ortho nitro benzene ring substituents is 1. The highest BCUT2D eigenvalue weighted by Gasteiger charge is 2.20. The molecule has 6 heteroatoms. The first-order valence-electron chi connectivity index (χ1n) is 8.60. The van der Waals surface area contributed by atoms with Crippen molar-refractivity contribution in [2.75, 3.05) is 0 Å². The molecule has 0 radical (unpaired) electrons. The minimum absolute atomic E-state index is 0.0663. The summed E-state index contributed by atoms with van der Waals surface area (Å²) in [6.45, 7) is 0. The Balaban J connectivity index is 1.98. The van der Waals surface area contributed by atoms with Crippen molar-refractivity contribution < 1.29 is 4.92 Å². The number of aromatic nitrogens is 2. The van der Waals surface area contributed by atoms with Gasteiger partial charge >= 0.3 is 0 Å². The molecule has 1 aliphatic rings. The van der Waals surface area contributed by atoms with Gasteiger partial charge in [-0.25, -0.2) is 4.98 Å². The molecule has 0 aliphatic heterocycles. The van der Waals surface area contributed by atoms with Gasteiger partial charge in [-0.05, 0) is 49.9 Å². The molecule has 3 aromatic rings. The average Bonchev–Trinajstić information content (AvgIpc) is 2.69. The van der Waals surface area contributed by atoms with Gasteiger partial charge in [0.05, 0.1) is 4.92 Å². The molecule has 1 heterocycles. The Hall–Kier alpha value is -2.86. The van der Waals surface area contributed by atoms with Crippen LogP contribution in [0, 0.1) is 14.8 Å². The van der Waals surface area contributed by atoms with Crippen molar-refractivity contribution in [2.45, 2.75) is 25.7 Å². The quantitative estimate of drug-likeness (QED) is 0.371. The van der Waals surface area contributed by atoms with Crippen LogP contribution in [0.2, 0.25) is 0 Å². The molecule has 0 atom stereocenters. The molecule has 26 heavy (non-hydrogen) atoms. The van der Waals surface area contributed by atoms with Gasteiger partial charge in [0.2, 0.25) is 0 Å². The summed E-state index contributed by atoms with van der Waals surface area (Å²) in [5.41, 5.74) is 4.27. The molecule has 0 amide bonds. The molecule has 0 spiro atoms. The third-order valence-corrected chi connectivity index (χ3v) is 5.07. The fourth-order valence-corrected chi connectivity index (χ4v) is 3.80. The van der Waals surface area contributed by atoms with E-state index in [2.05, 4.69) is 16.7 Å². The molecule has 4 rings (SSSR count). The number of benzene rings is 2. The van der Waals surface area contributed by atoms with Crippen LogP contribution in [0.15, 0.2) is 54.6 Å². The Labute approximate surface area is 156 Å². The van der Waals surface area contributed by atoms with Gasteiger partial charge in [0.15, 0.2) is 0 Å². The van der Waals surface area contributed by atoms with Gasteiger partial charge in [0.25, 0.3) is 5.69 Å². The number of nitrogens with zero attached hydrogens (tertiary/aromatic N) is 3. The van der Waals surface area contributed by atoms with Gasteiger partial charge in [-0.15, -0.1) is 0 Å². The van der Waals surface area contributed by atoms with Crippen molar-refractivity contribution in [1.82, 2.24) is 9.55 Å². The van der Waals surface area contributed by atoms with E-state index in [4.69, 9.17) is 17.2 Å². The van der Waals surface area contributed by atoms with Crippen LogP contribution in [0.5, 0.6) is 0 Å². The Kier molecular flexibility index (Phi) is 4.34. The zero-order valence-electron chi connectivity index (χ0n) is 14.1. The lowest BCUT2D eigenvalue weighted by Crippen LogP contribution is -2.17. The average molecular weight is 363 g/mol. The summed E-state index contributed by atoms with van der Waals surface area (Å²) in [6, 6.07) is 16.6. The van der Waals surface area contributed by atoms with E-state index < -0.39 is 4.92 Å². The fraction of sp³-hybridized carbons (Fsp3) is 0.200. The van der Waals surface area contributed by atoms with Crippen molar-refractivity contribution >= 4 is 17.9 Å². The molecule has 0 fully saturated rings. The SMILES string of the molecule is O=[N+]([O-])c1ccc(-c2nc(=S)c3c(n2-c2ccccc2)CCCC3)cc1. The zero-order valence-corrected chi connectivity index (χ0v) is 14.9. The van der Waals surface area contributed by atoms with Gasteiger partial charge < -0.3 is 0 Å². The van der Waals surface area contributed by atoms with Crippen LogP contribution in [0.1, 0.15) is 24.1 Å². The molecule has 1 aromatic heterocycles. The third kappa shape index (κ3) is 2.93. The van der Waals surface area contributed by atoms with E-state index in [1.54, 1.807) is 12.1 Å². The van der Waals surface area contributed by atoms with Crippen LogP contribution in [0.25, 0.3) is 17.1 Å². The second kappa shape index (κ2) is 6.80. The number of para-hydroxylation sites is 1. The molecular formula is C20H17N3O2S. The van der Waals surface area contributed by atoms with Gasteiger partial charge in [0.1, 0.15) is 10.5 Å². The van der Waals surface area contributed by atoms with Crippen molar-refractivity contribution in [3.05, 3.63) is 80.6 Å². The Bertz CT molecular complexity index is 1030. The predicted octanol–water partition coefficient (Wildman–Crippen LogP) is 5.06. The molecule has 130 valence electrons. The Morgan fingerprint density at radius 3 is 2.38 bits per heavy atom. The Morgan fingerprint density at radius 2 is 1.69 bits per heavy atom. The summed E-state index contributed by atoms with van der Waals surface area (Å²) in [6.07, 6.45) is 4.16. The van der Waals surface area contributed by atoms with E-state index in [1.807, 2.05) is 18.2 Å². The largest absolute Gasteiger partial charge is 0.298 e. The molecule has 0 saturated carbocycles. The molecule has 5 nitrogen and oxygen atoms in total. The first-order chi connectivity index (χ1) is 12.6. The van der Waals surface area contributed by atoms with Crippen LogP contribution in [-0.4, -0.2) is 14.5 Å². The lowest BCUT2D eigenvalue weighted by Gasteiger charge is -2.24. The maximum Gasteiger partial charge on any atom is 0.269 e. The van der Waals surface area contributed by atoms with Crippen molar-refractivity contribution in [1.29, 1.82) is 0 Å². The lowest BCUT2D eigenvalue weighted by molar-refractivity contribution is -0.384. The summed E-state index contributed by atoms with van der Waals surface area (Å²) in [5.74, 6) is 0.733. The van der Waals surface area contributed by atoms with Crippen LogP contribution in [-0.2, 0) is 12.8 Å². The number of fused-ring (bicyclic) bond motifs is 1. The van der Waals surface area contributed by atoms with E-state index >= 15 is 0 Å². The molecule has 0 saturated heterocycles. The molecular weight excluding hydrogens is 346 g/mol. The molecule has 0 unspecified atom stereocenters. The van der Waals surface area contributed by atoms with E-state index in [1.165, 1.54) is 17.8 Å². The van der Waals surface area contributed by atoms with Gasteiger partial charge in [-0.1, -0.05) is 30.4 Å². The number of hydrogen-bond acceptors (Lipinski definition) is 4. The van der Waals surface area contributed by atoms with Gasteiger partial charge in [0, 0.05) is 34.6 Å². The van der Waals surface area contributed by atoms with Crippen molar-refractivity contribution in [3.63, 3.8) is 0 Å².